The lowest BCUT2D eigenvalue weighted by molar-refractivity contribution is 0.115. The summed E-state index contributed by atoms with van der Waals surface area (Å²) >= 11 is 10.5. The van der Waals surface area contributed by atoms with E-state index < -0.39 is 5.62 Å². The second-order valence-corrected chi connectivity index (χ2v) is 8.16. The van der Waals surface area contributed by atoms with Crippen molar-refractivity contribution >= 4 is 28.7 Å². The molecule has 0 rings (SSSR count). The zero-order valence-corrected chi connectivity index (χ0v) is 8.64. The van der Waals surface area contributed by atoms with Crippen LogP contribution in [0.2, 0.25) is 0 Å². The highest BCUT2D eigenvalue weighted by molar-refractivity contribution is 8.24. The average Bonchev–Trinajstić information content (AvgIpc) is 1.78. The van der Waals surface area contributed by atoms with Gasteiger partial charge in [-0.05, 0) is 6.92 Å². The Balaban J connectivity index is 3.13. The zero-order chi connectivity index (χ0) is 8.04. The quantitative estimate of drug-likeness (QED) is 0.503. The molecule has 1 atom stereocenters. The first kappa shape index (κ1) is 10.9. The molecule has 0 saturated heterocycles. The zero-order valence-electron chi connectivity index (χ0n) is 6.17. The fourth-order valence-electron chi connectivity index (χ4n) is 0.404. The van der Waals surface area contributed by atoms with E-state index in [4.69, 9.17) is 32.3 Å². The maximum Gasteiger partial charge on any atom is 0.148 e. The van der Waals surface area contributed by atoms with Crippen LogP contribution >= 0.6 is 16.9 Å². The third kappa shape index (κ3) is 8.86. The summed E-state index contributed by atoms with van der Waals surface area (Å²) < 4.78 is 10.1. The first-order chi connectivity index (χ1) is 4.56. The Morgan fingerprint density at radius 3 is 2.50 bits per heavy atom. The minimum Gasteiger partial charge on any atom is -0.379 e. The van der Waals surface area contributed by atoms with Crippen molar-refractivity contribution in [1.29, 1.82) is 0 Å². The van der Waals surface area contributed by atoms with Gasteiger partial charge in [-0.3, -0.25) is 0 Å². The van der Waals surface area contributed by atoms with Gasteiger partial charge in [-0.2, -0.15) is 0 Å². The lowest BCUT2D eigenvalue weighted by Gasteiger charge is -2.08. The molecular weight excluding hydrogens is 191 g/mol. The van der Waals surface area contributed by atoms with E-state index in [-0.39, 0.29) is 0 Å². The third-order valence-corrected chi connectivity index (χ3v) is 2.01. The molecular formula is C5H12ClO2PS. The summed E-state index contributed by atoms with van der Waals surface area (Å²) in [5, 5.41) is 0. The van der Waals surface area contributed by atoms with Crippen LogP contribution in [0.5, 0.6) is 0 Å². The molecule has 0 aromatic carbocycles. The van der Waals surface area contributed by atoms with Crippen LogP contribution in [0.15, 0.2) is 0 Å². The second-order valence-electron chi connectivity index (χ2n) is 1.78. The molecule has 0 fully saturated rings. The molecule has 62 valence electrons. The van der Waals surface area contributed by atoms with Crippen molar-refractivity contribution in [2.24, 2.45) is 0 Å². The Bertz CT molecular complexity index is 125. The molecule has 1 unspecified atom stereocenters. The van der Waals surface area contributed by atoms with E-state index in [2.05, 4.69) is 0 Å². The molecule has 0 aliphatic rings. The van der Waals surface area contributed by atoms with Crippen LogP contribution in [0.4, 0.5) is 0 Å². The van der Waals surface area contributed by atoms with Gasteiger partial charge in [0.1, 0.15) is 5.62 Å². The maximum absolute atomic E-state index is 5.66. The molecule has 0 N–H and O–H groups in total. The van der Waals surface area contributed by atoms with Crippen molar-refractivity contribution in [3.05, 3.63) is 0 Å². The molecule has 2 nitrogen and oxygen atoms in total. The van der Waals surface area contributed by atoms with Crippen LogP contribution < -0.4 is 0 Å². The number of rotatable bonds is 5. The van der Waals surface area contributed by atoms with E-state index in [1.165, 1.54) is 0 Å². The highest BCUT2D eigenvalue weighted by Crippen LogP contribution is 2.48. The lowest BCUT2D eigenvalue weighted by Crippen LogP contribution is -2.00. The predicted octanol–water partition coefficient (Wildman–Crippen LogP) is 2.22. The third-order valence-electron chi connectivity index (χ3n) is 0.754. The summed E-state index contributed by atoms with van der Waals surface area (Å²) in [6.07, 6.45) is 0. The predicted molar refractivity (Wildman–Crippen MR) is 48.5 cm³/mol. The van der Waals surface area contributed by atoms with Crippen LogP contribution in [0.3, 0.4) is 0 Å². The van der Waals surface area contributed by atoms with Crippen LogP contribution in [-0.2, 0) is 21.1 Å². The highest BCUT2D eigenvalue weighted by Gasteiger charge is 2.02. The molecule has 0 amide bonds. The summed E-state index contributed by atoms with van der Waals surface area (Å²) in [6.45, 7) is 5.46. The van der Waals surface area contributed by atoms with Gasteiger partial charge in [-0.1, -0.05) is 23.0 Å². The molecule has 0 aromatic heterocycles. The lowest BCUT2D eigenvalue weighted by atomic mass is 10.8. The van der Waals surface area contributed by atoms with Crippen molar-refractivity contribution in [2.75, 3.05) is 26.5 Å². The van der Waals surface area contributed by atoms with E-state index in [1.807, 2.05) is 6.92 Å². The largest absolute Gasteiger partial charge is 0.379 e. The van der Waals surface area contributed by atoms with Gasteiger partial charge in [0.05, 0.1) is 13.2 Å². The van der Waals surface area contributed by atoms with Gasteiger partial charge in [0.25, 0.3) is 0 Å². The van der Waals surface area contributed by atoms with Gasteiger partial charge in [0.2, 0.25) is 0 Å². The number of halogens is 1. The minimum absolute atomic E-state index is 0.505. The molecule has 0 bridgehead atoms. The molecule has 0 saturated carbocycles. The second kappa shape index (κ2) is 5.50. The van der Waals surface area contributed by atoms with Gasteiger partial charge in [-0.25, -0.2) is 0 Å². The smallest absolute Gasteiger partial charge is 0.148 e. The van der Waals surface area contributed by atoms with E-state index in [1.54, 1.807) is 6.66 Å². The number of hydrogen-bond acceptors (Lipinski definition) is 3. The topological polar surface area (TPSA) is 18.5 Å². The first-order valence-electron chi connectivity index (χ1n) is 3.05. The molecule has 0 aliphatic carbocycles. The van der Waals surface area contributed by atoms with Gasteiger partial charge < -0.3 is 9.26 Å². The van der Waals surface area contributed by atoms with Crippen LogP contribution in [0.25, 0.3) is 0 Å². The van der Waals surface area contributed by atoms with E-state index >= 15 is 0 Å². The van der Waals surface area contributed by atoms with E-state index in [0.29, 0.717) is 19.8 Å². The molecule has 0 radical (unpaired) electrons. The van der Waals surface area contributed by atoms with Crippen molar-refractivity contribution in [2.45, 2.75) is 6.92 Å². The van der Waals surface area contributed by atoms with Gasteiger partial charge in [-0.15, -0.1) is 0 Å². The highest BCUT2D eigenvalue weighted by atomic mass is 35.7. The molecule has 10 heavy (non-hydrogen) atoms. The Morgan fingerprint density at radius 2 is 2.10 bits per heavy atom. The molecule has 0 heterocycles. The van der Waals surface area contributed by atoms with Gasteiger partial charge >= 0.3 is 0 Å². The Kier molecular flexibility index (Phi) is 5.98. The van der Waals surface area contributed by atoms with Crippen molar-refractivity contribution in [1.82, 2.24) is 0 Å². The Morgan fingerprint density at radius 1 is 1.50 bits per heavy atom. The van der Waals surface area contributed by atoms with Crippen molar-refractivity contribution in [3.63, 3.8) is 0 Å². The normalized spacial score (nSPS) is 16.7. The maximum atomic E-state index is 5.66. The molecule has 5 heteroatoms. The van der Waals surface area contributed by atoms with Crippen molar-refractivity contribution < 1.29 is 9.26 Å². The fourth-order valence-corrected chi connectivity index (χ4v) is 1.23. The summed E-state index contributed by atoms with van der Waals surface area (Å²) in [5.74, 6) is 0. The SMILES string of the molecule is CCOCCOP(C)(=S)Cl. The minimum atomic E-state index is -1.98. The molecule has 0 aromatic rings. The van der Waals surface area contributed by atoms with E-state index in [0.717, 1.165) is 0 Å². The number of hydrogen-bond donors (Lipinski definition) is 0. The molecule has 0 spiro atoms. The summed E-state index contributed by atoms with van der Waals surface area (Å²) in [5.41, 5.74) is -1.98. The summed E-state index contributed by atoms with van der Waals surface area (Å²) in [4.78, 5) is 0. The molecule has 0 aliphatic heterocycles. The fraction of sp³-hybridized carbons (Fsp3) is 1.00. The number of ether oxygens (including phenoxy) is 1. The average molecular weight is 203 g/mol. The van der Waals surface area contributed by atoms with E-state index in [9.17, 15) is 0 Å². The first-order valence-corrected chi connectivity index (χ1v) is 7.13. The summed E-state index contributed by atoms with van der Waals surface area (Å²) in [7, 11) is 0. The Labute approximate surface area is 71.7 Å². The standard InChI is InChI=1S/C5H12ClO2PS/c1-3-7-4-5-8-9(2,6)10/h3-5H2,1-2H3. The monoisotopic (exact) mass is 202 g/mol. The van der Waals surface area contributed by atoms with Gasteiger partial charge in [0, 0.05) is 13.3 Å². The Hall–Kier alpha value is 0.860. The van der Waals surface area contributed by atoms with Crippen LogP contribution in [-0.4, -0.2) is 26.5 Å². The summed E-state index contributed by atoms with van der Waals surface area (Å²) in [6, 6.07) is 0. The van der Waals surface area contributed by atoms with Crippen LogP contribution in [0.1, 0.15) is 6.92 Å². The van der Waals surface area contributed by atoms with Crippen LogP contribution in [0, 0.1) is 0 Å². The van der Waals surface area contributed by atoms with Crippen molar-refractivity contribution in [3.8, 4) is 0 Å². The van der Waals surface area contributed by atoms with Gasteiger partial charge in [0.15, 0.2) is 0 Å².